The molecule has 0 saturated carbocycles. The number of anilines is 1. The number of hydrogen-bond acceptors (Lipinski definition) is 1. The molecule has 0 aliphatic carbocycles. The Balaban J connectivity index is 1.95. The highest BCUT2D eigenvalue weighted by Crippen LogP contribution is 2.15. The average molecular weight is 275 g/mol. The summed E-state index contributed by atoms with van der Waals surface area (Å²) < 4.78 is 25.9. The average Bonchev–Trinajstić information content (AvgIpc) is 2.41. The molecule has 0 amide bonds. The maximum atomic E-state index is 13.1. The van der Waals surface area contributed by atoms with Gasteiger partial charge in [0.05, 0.1) is 0 Å². The zero-order valence-electron chi connectivity index (χ0n) is 11.8. The summed E-state index contributed by atoms with van der Waals surface area (Å²) in [4.78, 5) is 0. The van der Waals surface area contributed by atoms with Gasteiger partial charge in [-0.3, -0.25) is 0 Å². The summed E-state index contributed by atoms with van der Waals surface area (Å²) in [6.45, 7) is 4.98. The molecule has 2 rings (SSSR count). The molecule has 0 bridgehead atoms. The fraction of sp³-hybridized carbons (Fsp3) is 0.294. The van der Waals surface area contributed by atoms with Crippen LogP contribution in [0.2, 0.25) is 0 Å². The van der Waals surface area contributed by atoms with E-state index >= 15 is 0 Å². The lowest BCUT2D eigenvalue weighted by Crippen LogP contribution is -2.01. The first kappa shape index (κ1) is 14.5. The summed E-state index contributed by atoms with van der Waals surface area (Å²) in [6.07, 6.45) is 1.07. The van der Waals surface area contributed by atoms with E-state index in [-0.39, 0.29) is 0 Å². The van der Waals surface area contributed by atoms with Crippen molar-refractivity contribution in [1.29, 1.82) is 0 Å². The van der Waals surface area contributed by atoms with Gasteiger partial charge >= 0.3 is 0 Å². The van der Waals surface area contributed by atoms with Crippen LogP contribution in [-0.4, -0.2) is 0 Å². The minimum atomic E-state index is -0.831. The third-order valence-electron chi connectivity index (χ3n) is 3.08. The zero-order valence-corrected chi connectivity index (χ0v) is 11.8. The van der Waals surface area contributed by atoms with Crippen LogP contribution in [-0.2, 0) is 13.0 Å². The molecule has 0 unspecified atom stereocenters. The molecule has 0 aliphatic heterocycles. The van der Waals surface area contributed by atoms with Crippen molar-refractivity contribution in [2.24, 2.45) is 5.92 Å². The van der Waals surface area contributed by atoms with E-state index in [0.717, 1.165) is 18.1 Å². The SMILES string of the molecule is CC(C)Cc1ccc(CNc2ccc(F)c(F)c2)cc1. The molecular weight excluding hydrogens is 256 g/mol. The highest BCUT2D eigenvalue weighted by Gasteiger charge is 2.02. The van der Waals surface area contributed by atoms with Crippen LogP contribution in [0.4, 0.5) is 14.5 Å². The van der Waals surface area contributed by atoms with Crippen LogP contribution in [0.1, 0.15) is 25.0 Å². The van der Waals surface area contributed by atoms with Crippen LogP contribution in [0, 0.1) is 17.6 Å². The van der Waals surface area contributed by atoms with E-state index < -0.39 is 11.6 Å². The third kappa shape index (κ3) is 4.05. The van der Waals surface area contributed by atoms with E-state index in [1.165, 1.54) is 17.7 Å². The first-order valence-corrected chi connectivity index (χ1v) is 6.81. The Kier molecular flexibility index (Phi) is 4.72. The minimum absolute atomic E-state index is 0.579. The smallest absolute Gasteiger partial charge is 0.160 e. The number of halogens is 2. The van der Waals surface area contributed by atoms with E-state index in [9.17, 15) is 8.78 Å². The third-order valence-corrected chi connectivity index (χ3v) is 3.08. The van der Waals surface area contributed by atoms with Gasteiger partial charge in [0, 0.05) is 18.3 Å². The summed E-state index contributed by atoms with van der Waals surface area (Å²) in [7, 11) is 0. The molecule has 106 valence electrons. The van der Waals surface area contributed by atoms with Crippen LogP contribution < -0.4 is 5.32 Å². The standard InChI is InChI=1S/C17H19F2N/c1-12(2)9-13-3-5-14(6-4-13)11-20-15-7-8-16(18)17(19)10-15/h3-8,10,12,20H,9,11H2,1-2H3. The normalized spacial score (nSPS) is 10.8. The molecule has 3 heteroatoms. The van der Waals surface area contributed by atoms with Gasteiger partial charge in [-0.25, -0.2) is 8.78 Å². The Bertz CT molecular complexity index is 562. The highest BCUT2D eigenvalue weighted by molar-refractivity contribution is 5.44. The molecule has 2 aromatic rings. The molecular formula is C17H19F2N. The Morgan fingerprint density at radius 3 is 2.15 bits per heavy atom. The van der Waals surface area contributed by atoms with Crippen LogP contribution in [0.25, 0.3) is 0 Å². The van der Waals surface area contributed by atoms with E-state index in [1.807, 2.05) is 0 Å². The number of benzene rings is 2. The van der Waals surface area contributed by atoms with E-state index in [2.05, 4.69) is 43.4 Å². The topological polar surface area (TPSA) is 12.0 Å². The van der Waals surface area contributed by atoms with E-state index in [0.29, 0.717) is 18.2 Å². The molecule has 0 radical (unpaired) electrons. The van der Waals surface area contributed by atoms with Crippen LogP contribution in [0.5, 0.6) is 0 Å². The maximum absolute atomic E-state index is 13.1. The van der Waals surface area contributed by atoms with Crippen molar-refractivity contribution in [3.05, 3.63) is 65.2 Å². The summed E-state index contributed by atoms with van der Waals surface area (Å²) in [5, 5.41) is 3.08. The van der Waals surface area contributed by atoms with Crippen LogP contribution >= 0.6 is 0 Å². The molecule has 0 fully saturated rings. The van der Waals surface area contributed by atoms with E-state index in [1.54, 1.807) is 0 Å². The van der Waals surface area contributed by atoms with Crippen molar-refractivity contribution in [3.63, 3.8) is 0 Å². The van der Waals surface area contributed by atoms with Crippen molar-refractivity contribution in [1.82, 2.24) is 0 Å². The Morgan fingerprint density at radius 2 is 1.55 bits per heavy atom. The molecule has 20 heavy (non-hydrogen) atoms. The lowest BCUT2D eigenvalue weighted by atomic mass is 10.0. The van der Waals surface area contributed by atoms with Crippen LogP contribution in [0.15, 0.2) is 42.5 Å². The first-order valence-electron chi connectivity index (χ1n) is 6.81. The quantitative estimate of drug-likeness (QED) is 0.828. The Labute approximate surface area is 118 Å². The van der Waals surface area contributed by atoms with Crippen molar-refractivity contribution in [2.45, 2.75) is 26.8 Å². The van der Waals surface area contributed by atoms with Gasteiger partial charge in [0.25, 0.3) is 0 Å². The molecule has 0 atom stereocenters. The van der Waals surface area contributed by atoms with Gasteiger partial charge in [0.15, 0.2) is 11.6 Å². The number of hydrogen-bond donors (Lipinski definition) is 1. The Morgan fingerprint density at radius 1 is 0.900 bits per heavy atom. The van der Waals surface area contributed by atoms with Crippen molar-refractivity contribution in [2.75, 3.05) is 5.32 Å². The number of rotatable bonds is 5. The minimum Gasteiger partial charge on any atom is -0.381 e. The molecule has 0 saturated heterocycles. The van der Waals surface area contributed by atoms with Crippen LogP contribution in [0.3, 0.4) is 0 Å². The second kappa shape index (κ2) is 6.51. The van der Waals surface area contributed by atoms with Gasteiger partial charge in [0.1, 0.15) is 0 Å². The van der Waals surface area contributed by atoms with Gasteiger partial charge < -0.3 is 5.32 Å². The zero-order chi connectivity index (χ0) is 14.5. The predicted molar refractivity (Wildman–Crippen MR) is 78.7 cm³/mol. The van der Waals surface area contributed by atoms with Gasteiger partial charge in [0.2, 0.25) is 0 Å². The summed E-state index contributed by atoms with van der Waals surface area (Å²) in [6, 6.07) is 12.2. The van der Waals surface area contributed by atoms with Gasteiger partial charge in [-0.05, 0) is 35.6 Å². The molecule has 2 aromatic carbocycles. The molecule has 0 spiro atoms. The summed E-state index contributed by atoms with van der Waals surface area (Å²) >= 11 is 0. The van der Waals surface area contributed by atoms with Crippen molar-refractivity contribution < 1.29 is 8.78 Å². The van der Waals surface area contributed by atoms with Gasteiger partial charge in [-0.1, -0.05) is 38.1 Å². The second-order valence-electron chi connectivity index (χ2n) is 5.40. The largest absolute Gasteiger partial charge is 0.381 e. The maximum Gasteiger partial charge on any atom is 0.160 e. The summed E-state index contributed by atoms with van der Waals surface area (Å²) in [5.74, 6) is -1.02. The molecule has 1 N–H and O–H groups in total. The fourth-order valence-electron chi connectivity index (χ4n) is 2.07. The molecule has 0 aliphatic rings. The van der Waals surface area contributed by atoms with Gasteiger partial charge in [-0.15, -0.1) is 0 Å². The Hall–Kier alpha value is -1.90. The van der Waals surface area contributed by atoms with Crippen molar-refractivity contribution in [3.8, 4) is 0 Å². The molecule has 1 nitrogen and oxygen atoms in total. The highest BCUT2D eigenvalue weighted by atomic mass is 19.2. The lowest BCUT2D eigenvalue weighted by molar-refractivity contribution is 0.509. The second-order valence-corrected chi connectivity index (χ2v) is 5.40. The molecule has 0 heterocycles. The number of nitrogens with one attached hydrogen (secondary N) is 1. The van der Waals surface area contributed by atoms with Crippen molar-refractivity contribution >= 4 is 5.69 Å². The first-order chi connectivity index (χ1) is 9.54. The van der Waals surface area contributed by atoms with Gasteiger partial charge in [-0.2, -0.15) is 0 Å². The lowest BCUT2D eigenvalue weighted by Gasteiger charge is -2.09. The fourth-order valence-corrected chi connectivity index (χ4v) is 2.07. The van der Waals surface area contributed by atoms with E-state index in [4.69, 9.17) is 0 Å². The summed E-state index contributed by atoms with van der Waals surface area (Å²) in [5.41, 5.74) is 3.01. The molecule has 0 aromatic heterocycles. The monoisotopic (exact) mass is 275 g/mol. The predicted octanol–water partition coefficient (Wildman–Crippen LogP) is 4.78.